The van der Waals surface area contributed by atoms with Crippen LogP contribution in [0.1, 0.15) is 85.6 Å². The van der Waals surface area contributed by atoms with Gasteiger partial charge in [0, 0.05) is 25.8 Å². The number of ether oxygens (including phenoxy) is 5. The van der Waals surface area contributed by atoms with Crippen LogP contribution in [0.5, 0.6) is 5.75 Å². The van der Waals surface area contributed by atoms with Gasteiger partial charge in [-0.2, -0.15) is 5.10 Å². The van der Waals surface area contributed by atoms with Crippen LogP contribution in [0, 0.1) is 5.92 Å². The van der Waals surface area contributed by atoms with Crippen molar-refractivity contribution in [2.24, 2.45) is 11.0 Å². The summed E-state index contributed by atoms with van der Waals surface area (Å²) < 4.78 is 28.8. The van der Waals surface area contributed by atoms with Gasteiger partial charge in [-0.15, -0.1) is 0 Å². The molecule has 4 N–H and O–H groups in total. The summed E-state index contributed by atoms with van der Waals surface area (Å²) in [5.74, 6) is -1.07. The van der Waals surface area contributed by atoms with Crippen LogP contribution in [0.2, 0.25) is 0 Å². The molecule has 3 aliphatic rings. The van der Waals surface area contributed by atoms with Crippen LogP contribution < -0.4 is 15.5 Å². The Balaban J connectivity index is 1.24. The SMILES string of the molecule is CC(=O)O[C@@H](C)C=CC(=O)N[C@@H]1C[C@H](C)[C@H](CC=C(C)C=C[C@H]2O[C@H](CC(=O)NN=C(C)c3ccc(OCCCC(=O)O)cc3)C[C@@]3(CO3)[C@@H]2O)O[C@@H]1C. The first-order chi connectivity index (χ1) is 25.6. The molecule has 0 bridgehead atoms. The molecule has 4 rings (SSSR count). The van der Waals surface area contributed by atoms with Crippen LogP contribution in [0.15, 0.2) is 65.3 Å². The molecule has 14 heteroatoms. The molecule has 0 unspecified atom stereocenters. The average molecular weight is 754 g/mol. The number of rotatable bonds is 17. The zero-order valence-electron chi connectivity index (χ0n) is 32.0. The third kappa shape index (κ3) is 13.2. The number of carbonyl (C=O) groups excluding carboxylic acids is 3. The van der Waals surface area contributed by atoms with E-state index >= 15 is 0 Å². The third-order valence-electron chi connectivity index (χ3n) is 9.76. The number of aliphatic hydroxyl groups is 1. The van der Waals surface area contributed by atoms with Gasteiger partial charge < -0.3 is 39.2 Å². The fraction of sp³-hybridized carbons (Fsp3) is 0.575. The first-order valence-electron chi connectivity index (χ1n) is 18.6. The predicted octanol–water partition coefficient (Wildman–Crippen LogP) is 4.15. The van der Waals surface area contributed by atoms with E-state index in [1.54, 1.807) is 38.1 Å². The van der Waals surface area contributed by atoms with Gasteiger partial charge in [0.2, 0.25) is 11.8 Å². The molecular weight excluding hydrogens is 698 g/mol. The lowest BCUT2D eigenvalue weighted by Gasteiger charge is -2.39. The molecule has 0 aromatic heterocycles. The maximum atomic E-state index is 12.9. The molecule has 9 atom stereocenters. The predicted molar refractivity (Wildman–Crippen MR) is 200 cm³/mol. The minimum Gasteiger partial charge on any atom is -0.494 e. The molecule has 3 aliphatic heterocycles. The van der Waals surface area contributed by atoms with Gasteiger partial charge >= 0.3 is 11.9 Å². The molecular formula is C40H55N3O11. The Kier molecular flexibility index (Phi) is 15.5. The molecule has 2 amide bonds. The van der Waals surface area contributed by atoms with E-state index in [1.165, 1.54) is 13.0 Å². The second kappa shape index (κ2) is 19.8. The van der Waals surface area contributed by atoms with E-state index in [0.717, 1.165) is 17.6 Å². The van der Waals surface area contributed by atoms with E-state index in [2.05, 4.69) is 28.8 Å². The minimum atomic E-state index is -0.875. The largest absolute Gasteiger partial charge is 0.494 e. The lowest BCUT2D eigenvalue weighted by atomic mass is 9.87. The first-order valence-corrected chi connectivity index (χ1v) is 18.6. The highest BCUT2D eigenvalue weighted by molar-refractivity contribution is 5.99. The van der Waals surface area contributed by atoms with Crippen molar-refractivity contribution in [1.29, 1.82) is 0 Å². The summed E-state index contributed by atoms with van der Waals surface area (Å²) in [6.07, 6.45) is 8.24. The number of aliphatic carboxylic acids is 1. The van der Waals surface area contributed by atoms with Crippen molar-refractivity contribution in [2.45, 2.75) is 128 Å². The Morgan fingerprint density at radius 1 is 1.09 bits per heavy atom. The maximum Gasteiger partial charge on any atom is 0.303 e. The number of epoxide rings is 1. The number of carboxylic acid groups (broad SMARTS) is 1. The fourth-order valence-corrected chi connectivity index (χ4v) is 6.56. The summed E-state index contributed by atoms with van der Waals surface area (Å²) in [5, 5.41) is 27.0. The molecule has 0 saturated carbocycles. The van der Waals surface area contributed by atoms with Gasteiger partial charge in [0.25, 0.3) is 0 Å². The van der Waals surface area contributed by atoms with Gasteiger partial charge in [0.15, 0.2) is 0 Å². The zero-order chi connectivity index (χ0) is 39.4. The average Bonchev–Trinajstić information content (AvgIpc) is 3.89. The normalized spacial score (nSPS) is 29.2. The summed E-state index contributed by atoms with van der Waals surface area (Å²) >= 11 is 0. The number of benzene rings is 1. The van der Waals surface area contributed by atoms with E-state index in [-0.39, 0.29) is 48.8 Å². The molecule has 3 heterocycles. The van der Waals surface area contributed by atoms with Crippen molar-refractivity contribution >= 4 is 29.5 Å². The number of allylic oxidation sites excluding steroid dienone is 2. The second-order valence-corrected chi connectivity index (χ2v) is 14.5. The first kappa shape index (κ1) is 42.4. The lowest BCUT2D eigenvalue weighted by Crippen LogP contribution is -2.50. The number of nitrogens with one attached hydrogen (secondary N) is 2. The highest BCUT2D eigenvalue weighted by Crippen LogP contribution is 2.43. The highest BCUT2D eigenvalue weighted by atomic mass is 16.6. The Hall–Kier alpha value is -4.37. The molecule has 1 aromatic rings. The number of esters is 1. The van der Waals surface area contributed by atoms with Gasteiger partial charge in [-0.05, 0) is 88.8 Å². The van der Waals surface area contributed by atoms with E-state index in [0.29, 0.717) is 43.9 Å². The van der Waals surface area contributed by atoms with Crippen molar-refractivity contribution in [1.82, 2.24) is 10.7 Å². The molecule has 3 fully saturated rings. The lowest BCUT2D eigenvalue weighted by molar-refractivity contribution is -0.145. The van der Waals surface area contributed by atoms with Gasteiger partial charge in [0.1, 0.15) is 29.7 Å². The number of amides is 2. The zero-order valence-corrected chi connectivity index (χ0v) is 32.0. The summed E-state index contributed by atoms with van der Waals surface area (Å²) in [5.41, 5.74) is 4.21. The van der Waals surface area contributed by atoms with Crippen molar-refractivity contribution < 1.29 is 53.1 Å². The molecule has 1 aromatic carbocycles. The van der Waals surface area contributed by atoms with Crippen molar-refractivity contribution in [2.75, 3.05) is 13.2 Å². The van der Waals surface area contributed by atoms with E-state index in [1.807, 2.05) is 32.1 Å². The number of carbonyl (C=O) groups is 4. The number of carboxylic acids is 1. The number of hydrogen-bond acceptors (Lipinski definition) is 11. The smallest absolute Gasteiger partial charge is 0.303 e. The van der Waals surface area contributed by atoms with Crippen molar-refractivity contribution in [3.8, 4) is 5.75 Å². The standard InChI is InChI=1S/C40H55N3O11/c1-24(9-16-34-25(2)20-33(28(5)53-34)41-36(45)18-11-26(3)52-29(6)44)10-17-35-39(49)40(23-51-40)22-32(54-35)21-37(46)43-42-27(4)30-12-14-31(15-13-30)50-19-7-8-38(47)48/h9-15,17-18,25-26,28,32-35,39,49H,7-8,16,19-23H2,1-6H3,(H,41,45)(H,43,46)(H,47,48)/t25-,26-,28+,32+,33+,34-,35+,39+,40+/m0/s1. The number of aliphatic hydroxyl groups excluding tert-OH is 1. The molecule has 296 valence electrons. The molecule has 1 spiro atoms. The molecule has 54 heavy (non-hydrogen) atoms. The highest BCUT2D eigenvalue weighted by Gasteiger charge is 2.58. The Morgan fingerprint density at radius 2 is 1.81 bits per heavy atom. The van der Waals surface area contributed by atoms with Crippen LogP contribution >= 0.6 is 0 Å². The summed E-state index contributed by atoms with van der Waals surface area (Å²) in [6, 6.07) is 6.99. The Bertz CT molecular complexity index is 1580. The minimum absolute atomic E-state index is 0.0388. The van der Waals surface area contributed by atoms with E-state index in [4.69, 9.17) is 28.8 Å². The molecule has 0 radical (unpaired) electrons. The van der Waals surface area contributed by atoms with Gasteiger partial charge in [0.05, 0.1) is 49.7 Å². The van der Waals surface area contributed by atoms with Crippen LogP contribution in [-0.2, 0) is 38.1 Å². The van der Waals surface area contributed by atoms with E-state index in [9.17, 15) is 24.3 Å². The Labute approximate surface area is 317 Å². The summed E-state index contributed by atoms with van der Waals surface area (Å²) in [4.78, 5) is 47.1. The Morgan fingerprint density at radius 3 is 2.48 bits per heavy atom. The summed E-state index contributed by atoms with van der Waals surface area (Å²) in [7, 11) is 0. The van der Waals surface area contributed by atoms with Crippen molar-refractivity contribution in [3.05, 3.63) is 65.8 Å². The van der Waals surface area contributed by atoms with Crippen LogP contribution in [0.3, 0.4) is 0 Å². The van der Waals surface area contributed by atoms with Gasteiger partial charge in [-0.25, -0.2) is 5.43 Å². The third-order valence-corrected chi connectivity index (χ3v) is 9.76. The summed E-state index contributed by atoms with van der Waals surface area (Å²) in [6.45, 7) is 11.5. The molecule has 0 aliphatic carbocycles. The van der Waals surface area contributed by atoms with Crippen molar-refractivity contribution in [3.63, 3.8) is 0 Å². The number of hydrazone groups is 1. The topological polar surface area (TPSA) is 195 Å². The number of hydrogen-bond donors (Lipinski definition) is 4. The number of nitrogens with zero attached hydrogens (tertiary/aromatic N) is 1. The fourth-order valence-electron chi connectivity index (χ4n) is 6.56. The second-order valence-electron chi connectivity index (χ2n) is 14.5. The van der Waals surface area contributed by atoms with E-state index < -0.39 is 42.0 Å². The van der Waals surface area contributed by atoms with Crippen LogP contribution in [0.4, 0.5) is 0 Å². The molecule has 14 nitrogen and oxygen atoms in total. The van der Waals surface area contributed by atoms with Gasteiger partial charge in [-0.1, -0.05) is 30.7 Å². The monoisotopic (exact) mass is 753 g/mol. The van der Waals surface area contributed by atoms with Crippen LogP contribution in [-0.4, -0.2) is 101 Å². The van der Waals surface area contributed by atoms with Crippen LogP contribution in [0.25, 0.3) is 0 Å². The molecule has 3 saturated heterocycles. The quantitative estimate of drug-likeness (QED) is 0.0340. The van der Waals surface area contributed by atoms with Gasteiger partial charge in [-0.3, -0.25) is 19.2 Å². The maximum absolute atomic E-state index is 12.9.